The van der Waals surface area contributed by atoms with Gasteiger partial charge in [-0.25, -0.2) is 0 Å². The molecule has 0 fully saturated rings. The molecule has 0 aliphatic carbocycles. The molecule has 0 bridgehead atoms. The molecule has 0 aliphatic rings. The largest absolute Gasteiger partial charge is 0.446 e. The van der Waals surface area contributed by atoms with Gasteiger partial charge in [-0.2, -0.15) is 13.2 Å². The number of aldehydes is 1. The van der Waals surface area contributed by atoms with Crippen molar-refractivity contribution in [3.63, 3.8) is 0 Å². The smallest absolute Gasteiger partial charge is 0.298 e. The number of carbonyl (C=O) groups excluding carboxylic acids is 2. The first kappa shape index (κ1) is 15.2. The van der Waals surface area contributed by atoms with E-state index in [1.807, 2.05) is 0 Å². The Kier molecular flexibility index (Phi) is 4.98. The highest BCUT2D eigenvalue weighted by Crippen LogP contribution is 2.38. The Hall–Kier alpha value is -0.820. The molecule has 1 atom stereocenters. The number of carbonyl (C=O) groups is 2. The number of hydrogen-bond acceptors (Lipinski definition) is 3. The topological polar surface area (TPSA) is 34.1 Å². The van der Waals surface area contributed by atoms with Crippen molar-refractivity contribution in [2.75, 3.05) is 0 Å². The van der Waals surface area contributed by atoms with Crippen molar-refractivity contribution in [2.24, 2.45) is 0 Å². The maximum Gasteiger partial charge on any atom is 0.446 e. The van der Waals surface area contributed by atoms with Crippen LogP contribution in [0.4, 0.5) is 13.2 Å². The van der Waals surface area contributed by atoms with Crippen molar-refractivity contribution < 1.29 is 22.8 Å². The van der Waals surface area contributed by atoms with Gasteiger partial charge in [-0.05, 0) is 36.4 Å². The van der Waals surface area contributed by atoms with E-state index in [1.54, 1.807) is 0 Å². The molecule has 0 spiro atoms. The van der Waals surface area contributed by atoms with Crippen LogP contribution < -0.4 is 0 Å². The van der Waals surface area contributed by atoms with Crippen LogP contribution in [0.2, 0.25) is 0 Å². The van der Waals surface area contributed by atoms with Gasteiger partial charge in [0.05, 0.1) is 4.83 Å². The van der Waals surface area contributed by atoms with Gasteiger partial charge in [0.2, 0.25) is 0 Å². The first-order valence-corrected chi connectivity index (χ1v) is 6.47. The highest BCUT2D eigenvalue weighted by Gasteiger charge is 2.29. The van der Waals surface area contributed by atoms with Gasteiger partial charge in [-0.1, -0.05) is 22.0 Å². The molecule has 18 heavy (non-hydrogen) atoms. The normalized spacial score (nSPS) is 13.2. The molecule has 1 aromatic rings. The number of rotatable bonds is 4. The lowest BCUT2D eigenvalue weighted by Gasteiger charge is -2.11. The number of halogens is 4. The number of alkyl halides is 4. The van der Waals surface area contributed by atoms with Crippen LogP contribution in [0.3, 0.4) is 0 Å². The summed E-state index contributed by atoms with van der Waals surface area (Å²) in [5, 5.41) is 0. The van der Waals surface area contributed by atoms with E-state index in [9.17, 15) is 22.8 Å². The zero-order chi connectivity index (χ0) is 13.9. The number of thioether (sulfide) groups is 1. The van der Waals surface area contributed by atoms with Crippen molar-refractivity contribution in [1.82, 2.24) is 0 Å². The highest BCUT2D eigenvalue weighted by atomic mass is 79.9. The van der Waals surface area contributed by atoms with Gasteiger partial charge < -0.3 is 0 Å². The van der Waals surface area contributed by atoms with Crippen LogP contribution in [-0.2, 0) is 4.79 Å². The summed E-state index contributed by atoms with van der Waals surface area (Å²) in [4.78, 5) is 21.2. The van der Waals surface area contributed by atoms with E-state index in [4.69, 9.17) is 0 Å². The van der Waals surface area contributed by atoms with E-state index < -0.39 is 10.3 Å². The maximum absolute atomic E-state index is 12.2. The van der Waals surface area contributed by atoms with Crippen LogP contribution in [-0.4, -0.2) is 17.6 Å². The number of ketones is 1. The highest BCUT2D eigenvalue weighted by molar-refractivity contribution is 9.09. The Bertz CT molecular complexity index is 474. The first-order valence-electron chi connectivity index (χ1n) is 4.74. The molecule has 1 aromatic carbocycles. The molecule has 0 saturated heterocycles. The Morgan fingerprint density at radius 2 is 2.06 bits per heavy atom. The van der Waals surface area contributed by atoms with Crippen LogP contribution in [0.1, 0.15) is 27.7 Å². The minimum atomic E-state index is -4.41. The van der Waals surface area contributed by atoms with E-state index in [0.717, 1.165) is 6.07 Å². The fourth-order valence-electron chi connectivity index (χ4n) is 1.30. The van der Waals surface area contributed by atoms with Crippen LogP contribution in [0.15, 0.2) is 23.1 Å². The summed E-state index contributed by atoms with van der Waals surface area (Å²) in [6.07, 6.45) is 0.437. The second-order valence-corrected chi connectivity index (χ2v) is 5.48. The molecule has 0 aromatic heterocycles. The summed E-state index contributed by atoms with van der Waals surface area (Å²) in [7, 11) is 0. The van der Waals surface area contributed by atoms with Crippen molar-refractivity contribution in [2.45, 2.75) is 22.2 Å². The second kappa shape index (κ2) is 5.88. The third-order valence-electron chi connectivity index (χ3n) is 2.05. The van der Waals surface area contributed by atoms with Gasteiger partial charge in [0.1, 0.15) is 12.1 Å². The minimum absolute atomic E-state index is 0.0707. The number of benzene rings is 1. The number of hydrogen-bond donors (Lipinski definition) is 0. The molecular formula is C11H8BrF3O2S. The van der Waals surface area contributed by atoms with E-state index in [0.29, 0.717) is 11.8 Å². The Morgan fingerprint density at radius 1 is 1.44 bits per heavy atom. The molecular weight excluding hydrogens is 333 g/mol. The summed E-state index contributed by atoms with van der Waals surface area (Å²) in [5.74, 6) is -0.227. The molecule has 7 heteroatoms. The molecule has 0 saturated carbocycles. The number of Topliss-reactive ketones (excluding diaryl/α,β-unsaturated/α-hetero) is 1. The lowest BCUT2D eigenvalue weighted by atomic mass is 10.0. The fourth-order valence-corrected chi connectivity index (χ4v) is 2.31. The zero-order valence-electron chi connectivity index (χ0n) is 9.12. The van der Waals surface area contributed by atoms with Crippen LogP contribution in [0.25, 0.3) is 0 Å². The molecule has 98 valence electrons. The molecule has 0 aliphatic heterocycles. The maximum atomic E-state index is 12.2. The summed E-state index contributed by atoms with van der Waals surface area (Å²) in [5.41, 5.74) is -3.97. The van der Waals surface area contributed by atoms with Gasteiger partial charge in [0.15, 0.2) is 0 Å². The molecule has 0 N–H and O–H groups in total. The van der Waals surface area contributed by atoms with Gasteiger partial charge in [-0.15, -0.1) is 0 Å². The molecule has 0 radical (unpaired) electrons. The molecule has 1 unspecified atom stereocenters. The quantitative estimate of drug-likeness (QED) is 0.469. The minimum Gasteiger partial charge on any atom is -0.298 e. The van der Waals surface area contributed by atoms with Crippen molar-refractivity contribution in [3.8, 4) is 0 Å². The third kappa shape index (κ3) is 4.13. The first-order chi connectivity index (χ1) is 8.24. The van der Waals surface area contributed by atoms with Crippen LogP contribution >= 0.6 is 27.7 Å². The molecule has 0 amide bonds. The monoisotopic (exact) mass is 340 g/mol. The molecule has 2 nitrogen and oxygen atoms in total. The second-order valence-electron chi connectivity index (χ2n) is 3.43. The van der Waals surface area contributed by atoms with Crippen molar-refractivity contribution in [3.05, 3.63) is 29.3 Å². The van der Waals surface area contributed by atoms with E-state index in [1.165, 1.54) is 19.1 Å². The lowest BCUT2D eigenvalue weighted by Crippen LogP contribution is -2.05. The molecule has 0 heterocycles. The Labute approximate surface area is 114 Å². The predicted molar refractivity (Wildman–Crippen MR) is 66.1 cm³/mol. The fraction of sp³-hybridized carbons (Fsp3) is 0.273. The third-order valence-corrected chi connectivity index (χ3v) is 3.91. The van der Waals surface area contributed by atoms with Gasteiger partial charge in [0, 0.05) is 10.5 Å². The molecule has 1 rings (SSSR count). The summed E-state index contributed by atoms with van der Waals surface area (Å²) >= 11 is 2.79. The van der Waals surface area contributed by atoms with Crippen LogP contribution in [0.5, 0.6) is 0 Å². The SMILES string of the molecule is CC(=O)C(Br)c1ccc(SC(F)(F)F)cc1C=O. The standard InChI is InChI=1S/C11H8BrF3O2S/c1-6(17)10(12)9-3-2-8(4-7(9)5-16)18-11(13,14)15/h2-5,10H,1H3. The Balaban J connectivity index is 3.11. The van der Waals surface area contributed by atoms with Gasteiger partial charge in [-0.3, -0.25) is 9.59 Å². The predicted octanol–water partition coefficient (Wildman–Crippen LogP) is 4.14. The van der Waals surface area contributed by atoms with E-state index >= 15 is 0 Å². The van der Waals surface area contributed by atoms with E-state index in [-0.39, 0.29) is 28.0 Å². The van der Waals surface area contributed by atoms with Crippen molar-refractivity contribution in [1.29, 1.82) is 0 Å². The zero-order valence-corrected chi connectivity index (χ0v) is 11.5. The van der Waals surface area contributed by atoms with Gasteiger partial charge in [0.25, 0.3) is 0 Å². The lowest BCUT2D eigenvalue weighted by molar-refractivity contribution is -0.116. The summed E-state index contributed by atoms with van der Waals surface area (Å²) in [6.45, 7) is 1.33. The van der Waals surface area contributed by atoms with Crippen LogP contribution in [0, 0.1) is 0 Å². The summed E-state index contributed by atoms with van der Waals surface area (Å²) < 4.78 is 36.5. The van der Waals surface area contributed by atoms with Gasteiger partial charge >= 0.3 is 5.51 Å². The van der Waals surface area contributed by atoms with E-state index in [2.05, 4.69) is 15.9 Å². The van der Waals surface area contributed by atoms with Crippen molar-refractivity contribution >= 4 is 39.8 Å². The summed E-state index contributed by atoms with van der Waals surface area (Å²) in [6, 6.07) is 3.70. The Morgan fingerprint density at radius 3 is 2.50 bits per heavy atom. The average Bonchev–Trinajstić information content (AvgIpc) is 2.25. The average molecular weight is 341 g/mol.